The average Bonchev–Trinajstić information content (AvgIpc) is 3.25. The van der Waals surface area contributed by atoms with Gasteiger partial charge in [0.2, 0.25) is 0 Å². The van der Waals surface area contributed by atoms with Gasteiger partial charge in [0.25, 0.3) is 0 Å². The minimum absolute atomic E-state index is 0.103. The van der Waals surface area contributed by atoms with Crippen molar-refractivity contribution in [3.05, 3.63) is 36.4 Å². The Bertz CT molecular complexity index is 728. The lowest BCUT2D eigenvalue weighted by atomic mass is 10.2. The summed E-state index contributed by atoms with van der Waals surface area (Å²) in [7, 11) is 0. The molecular weight excluding hydrogens is 318 g/mol. The first kappa shape index (κ1) is 17.3. The van der Waals surface area contributed by atoms with Crippen LogP contribution in [0.15, 0.2) is 30.6 Å². The van der Waals surface area contributed by atoms with Gasteiger partial charge in [-0.15, -0.1) is 10.2 Å². The summed E-state index contributed by atoms with van der Waals surface area (Å²) in [5.74, 6) is 1.97. The molecule has 2 aromatic rings. The Hall–Kier alpha value is -2.57. The number of ether oxygens (including phenoxy) is 1. The van der Waals surface area contributed by atoms with Crippen molar-refractivity contribution in [2.45, 2.75) is 39.2 Å². The lowest BCUT2D eigenvalue weighted by Crippen LogP contribution is -2.33. The first-order chi connectivity index (χ1) is 12.1. The van der Waals surface area contributed by atoms with E-state index < -0.39 is 0 Å². The van der Waals surface area contributed by atoms with Crippen LogP contribution in [0.5, 0.6) is 5.75 Å². The molecule has 1 aliphatic heterocycles. The molecule has 0 aliphatic carbocycles. The Balaban J connectivity index is 1.66. The Kier molecular flexibility index (Phi) is 5.21. The van der Waals surface area contributed by atoms with E-state index >= 15 is 0 Å². The number of amides is 2. The lowest BCUT2D eigenvalue weighted by Gasteiger charge is -2.20. The van der Waals surface area contributed by atoms with Crippen LogP contribution < -0.4 is 10.1 Å². The number of benzene rings is 1. The normalized spacial score (nSPS) is 17.1. The van der Waals surface area contributed by atoms with Crippen LogP contribution in [-0.2, 0) is 0 Å². The number of hydrogen-bond acceptors (Lipinski definition) is 4. The number of urea groups is 1. The van der Waals surface area contributed by atoms with Crippen molar-refractivity contribution in [2.75, 3.05) is 25.0 Å². The number of anilines is 1. The van der Waals surface area contributed by atoms with Gasteiger partial charge < -0.3 is 19.5 Å². The predicted octanol–water partition coefficient (Wildman–Crippen LogP) is 3.28. The van der Waals surface area contributed by atoms with Gasteiger partial charge in [-0.1, -0.05) is 26.0 Å². The van der Waals surface area contributed by atoms with E-state index in [2.05, 4.69) is 33.9 Å². The van der Waals surface area contributed by atoms with Gasteiger partial charge in [0.1, 0.15) is 17.9 Å². The molecule has 3 rings (SSSR count). The molecule has 1 aliphatic rings. The molecule has 7 nitrogen and oxygen atoms in total. The molecule has 1 aromatic heterocycles. The van der Waals surface area contributed by atoms with Crippen molar-refractivity contribution < 1.29 is 9.53 Å². The fourth-order valence-corrected chi connectivity index (χ4v) is 3.15. The molecule has 1 fully saturated rings. The van der Waals surface area contributed by atoms with Gasteiger partial charge in [0.15, 0.2) is 0 Å². The summed E-state index contributed by atoms with van der Waals surface area (Å²) in [6.07, 6.45) is 2.67. The molecule has 25 heavy (non-hydrogen) atoms. The first-order valence-corrected chi connectivity index (χ1v) is 8.77. The van der Waals surface area contributed by atoms with Crippen LogP contribution in [0.3, 0.4) is 0 Å². The molecule has 0 radical (unpaired) electrons. The molecule has 0 saturated carbocycles. The summed E-state index contributed by atoms with van der Waals surface area (Å²) < 4.78 is 7.67. The van der Waals surface area contributed by atoms with Crippen molar-refractivity contribution in [3.63, 3.8) is 0 Å². The third-order valence-electron chi connectivity index (χ3n) is 4.39. The van der Waals surface area contributed by atoms with E-state index in [1.165, 1.54) is 0 Å². The maximum Gasteiger partial charge on any atom is 0.322 e. The first-order valence-electron chi connectivity index (χ1n) is 8.77. The minimum Gasteiger partial charge on any atom is -0.492 e. The van der Waals surface area contributed by atoms with Gasteiger partial charge in [-0.2, -0.15) is 0 Å². The molecule has 0 spiro atoms. The van der Waals surface area contributed by atoms with Crippen LogP contribution in [-0.4, -0.2) is 45.4 Å². The zero-order chi connectivity index (χ0) is 17.8. The van der Waals surface area contributed by atoms with Gasteiger partial charge in [-0.05, 0) is 25.5 Å². The van der Waals surface area contributed by atoms with Gasteiger partial charge >= 0.3 is 6.03 Å². The molecule has 1 atom stereocenters. The lowest BCUT2D eigenvalue weighted by molar-refractivity contribution is 0.220. The number of carbonyl (C=O) groups excluding carboxylic acids is 1. The highest BCUT2D eigenvalue weighted by molar-refractivity contribution is 5.91. The summed E-state index contributed by atoms with van der Waals surface area (Å²) in [5, 5.41) is 11.2. The van der Waals surface area contributed by atoms with Crippen LogP contribution in [0.2, 0.25) is 0 Å². The maximum absolute atomic E-state index is 12.6. The van der Waals surface area contributed by atoms with Crippen molar-refractivity contribution in [1.29, 1.82) is 0 Å². The number of aromatic nitrogens is 3. The smallest absolute Gasteiger partial charge is 0.322 e. The Morgan fingerprint density at radius 2 is 2.20 bits per heavy atom. The van der Waals surface area contributed by atoms with E-state index in [4.69, 9.17) is 4.74 Å². The number of nitrogens with zero attached hydrogens (tertiary/aromatic N) is 4. The predicted molar refractivity (Wildman–Crippen MR) is 96.0 cm³/mol. The molecule has 2 heterocycles. The number of para-hydroxylation sites is 2. The van der Waals surface area contributed by atoms with Crippen LogP contribution in [0, 0.1) is 0 Å². The molecule has 7 heteroatoms. The third kappa shape index (κ3) is 3.75. The fraction of sp³-hybridized carbons (Fsp3) is 0.500. The molecule has 1 saturated heterocycles. The molecule has 1 aromatic carbocycles. The summed E-state index contributed by atoms with van der Waals surface area (Å²) in [5.41, 5.74) is 0.699. The van der Waals surface area contributed by atoms with Crippen LogP contribution >= 0.6 is 0 Å². The van der Waals surface area contributed by atoms with E-state index in [0.29, 0.717) is 37.1 Å². The summed E-state index contributed by atoms with van der Waals surface area (Å²) in [6.45, 7) is 8.05. The van der Waals surface area contributed by atoms with Crippen LogP contribution in [0.4, 0.5) is 10.5 Å². The van der Waals surface area contributed by atoms with E-state index in [9.17, 15) is 4.79 Å². The zero-order valence-electron chi connectivity index (χ0n) is 15.0. The zero-order valence-corrected chi connectivity index (χ0v) is 15.0. The van der Waals surface area contributed by atoms with Crippen molar-refractivity contribution in [3.8, 4) is 5.75 Å². The SMILES string of the molecule is CCOc1ccccc1NC(=O)N1CCC(n2cnnc2C(C)C)C1. The second kappa shape index (κ2) is 7.55. The van der Waals surface area contributed by atoms with E-state index in [1.807, 2.05) is 36.1 Å². The van der Waals surface area contributed by atoms with Gasteiger partial charge in [0, 0.05) is 19.0 Å². The number of likely N-dealkylation sites (tertiary alicyclic amines) is 1. The summed E-state index contributed by atoms with van der Waals surface area (Å²) >= 11 is 0. The van der Waals surface area contributed by atoms with Gasteiger partial charge in [0.05, 0.1) is 18.3 Å². The molecule has 134 valence electrons. The second-order valence-electron chi connectivity index (χ2n) is 6.50. The molecule has 1 unspecified atom stereocenters. The number of carbonyl (C=O) groups is 1. The maximum atomic E-state index is 12.6. The van der Waals surface area contributed by atoms with Crippen LogP contribution in [0.25, 0.3) is 0 Å². The highest BCUT2D eigenvalue weighted by atomic mass is 16.5. The van der Waals surface area contributed by atoms with Gasteiger partial charge in [-0.25, -0.2) is 4.79 Å². The number of rotatable bonds is 5. The number of hydrogen-bond donors (Lipinski definition) is 1. The van der Waals surface area contributed by atoms with Gasteiger partial charge in [-0.3, -0.25) is 0 Å². The largest absolute Gasteiger partial charge is 0.492 e. The minimum atomic E-state index is -0.103. The Labute approximate surface area is 148 Å². The molecule has 2 amide bonds. The quantitative estimate of drug-likeness (QED) is 0.904. The van der Waals surface area contributed by atoms with Crippen molar-refractivity contribution >= 4 is 11.7 Å². The molecule has 0 bridgehead atoms. The summed E-state index contributed by atoms with van der Waals surface area (Å²) in [6, 6.07) is 7.61. The number of nitrogens with one attached hydrogen (secondary N) is 1. The molecule has 1 N–H and O–H groups in total. The monoisotopic (exact) mass is 343 g/mol. The van der Waals surface area contributed by atoms with Crippen LogP contribution in [0.1, 0.15) is 45.0 Å². The van der Waals surface area contributed by atoms with E-state index in [-0.39, 0.29) is 12.1 Å². The Morgan fingerprint density at radius 3 is 2.96 bits per heavy atom. The molecular formula is C18H25N5O2. The topological polar surface area (TPSA) is 72.3 Å². The van der Waals surface area contributed by atoms with E-state index in [0.717, 1.165) is 12.2 Å². The van der Waals surface area contributed by atoms with Crippen molar-refractivity contribution in [1.82, 2.24) is 19.7 Å². The Morgan fingerprint density at radius 1 is 1.40 bits per heavy atom. The third-order valence-corrected chi connectivity index (χ3v) is 4.39. The second-order valence-corrected chi connectivity index (χ2v) is 6.50. The summed E-state index contributed by atoms with van der Waals surface area (Å²) in [4.78, 5) is 14.5. The fourth-order valence-electron chi connectivity index (χ4n) is 3.15. The highest BCUT2D eigenvalue weighted by Gasteiger charge is 2.29. The van der Waals surface area contributed by atoms with E-state index in [1.54, 1.807) is 6.33 Å². The highest BCUT2D eigenvalue weighted by Crippen LogP contribution is 2.27. The average molecular weight is 343 g/mol. The van der Waals surface area contributed by atoms with Crippen molar-refractivity contribution in [2.24, 2.45) is 0 Å². The standard InChI is InChI=1S/C18H25N5O2/c1-4-25-16-8-6-5-7-15(16)20-18(24)22-10-9-14(11-22)23-12-19-21-17(23)13(2)3/h5-8,12-14H,4,9-11H2,1-3H3,(H,20,24).